The van der Waals surface area contributed by atoms with Gasteiger partial charge in [-0.3, -0.25) is 9.59 Å². The van der Waals surface area contributed by atoms with E-state index < -0.39 is 11.9 Å². The number of carboxylic acids is 1. The zero-order valence-electron chi connectivity index (χ0n) is 8.96. The molecule has 0 bridgehead atoms. The minimum atomic E-state index is -1.02. The van der Waals surface area contributed by atoms with Crippen LogP contribution < -0.4 is 4.90 Å². The molecule has 84 valence electrons. The van der Waals surface area contributed by atoms with Crippen molar-refractivity contribution in [3.05, 3.63) is 30.3 Å². The minimum absolute atomic E-state index is 0.215. The summed E-state index contributed by atoms with van der Waals surface area (Å²) in [5, 5.41) is 8.92. The van der Waals surface area contributed by atoms with E-state index >= 15 is 0 Å². The molecule has 0 radical (unpaired) electrons. The van der Waals surface area contributed by atoms with E-state index in [-0.39, 0.29) is 11.9 Å². The number of rotatable bonds is 3. The standard InChI is InChI=1S/C12H13NO3/c1-2-9-10(12(15)16)11(14)13(9)8-6-4-3-5-7-8/h3-7,9-10H,2H2,1H3,(H,15,16). The number of carboxylic acid groups (broad SMARTS) is 1. The summed E-state index contributed by atoms with van der Waals surface area (Å²) < 4.78 is 0. The van der Waals surface area contributed by atoms with E-state index in [4.69, 9.17) is 5.11 Å². The molecule has 16 heavy (non-hydrogen) atoms. The van der Waals surface area contributed by atoms with Crippen LogP contribution in [0.3, 0.4) is 0 Å². The smallest absolute Gasteiger partial charge is 0.318 e. The molecule has 2 unspecified atom stereocenters. The quantitative estimate of drug-likeness (QED) is 0.619. The van der Waals surface area contributed by atoms with Gasteiger partial charge in [0.1, 0.15) is 0 Å². The highest BCUT2D eigenvalue weighted by Crippen LogP contribution is 2.34. The number of benzene rings is 1. The predicted molar refractivity (Wildman–Crippen MR) is 59.1 cm³/mol. The first-order valence-electron chi connectivity index (χ1n) is 5.27. The first kappa shape index (κ1) is 10.7. The van der Waals surface area contributed by atoms with E-state index in [1.54, 1.807) is 4.90 Å². The Bertz CT molecular complexity index is 416. The van der Waals surface area contributed by atoms with Crippen LogP contribution in [0.4, 0.5) is 5.69 Å². The second-order valence-electron chi connectivity index (χ2n) is 3.84. The topological polar surface area (TPSA) is 57.6 Å². The van der Waals surface area contributed by atoms with E-state index in [9.17, 15) is 9.59 Å². The van der Waals surface area contributed by atoms with E-state index in [1.807, 2.05) is 37.3 Å². The summed E-state index contributed by atoms with van der Waals surface area (Å²) in [5.74, 6) is -2.21. The number of hydrogen-bond acceptors (Lipinski definition) is 2. The van der Waals surface area contributed by atoms with Gasteiger partial charge >= 0.3 is 5.97 Å². The highest BCUT2D eigenvalue weighted by atomic mass is 16.4. The predicted octanol–water partition coefficient (Wildman–Crippen LogP) is 1.51. The number of carbonyl (C=O) groups is 2. The van der Waals surface area contributed by atoms with Gasteiger partial charge in [-0.15, -0.1) is 0 Å². The molecular weight excluding hydrogens is 206 g/mol. The van der Waals surface area contributed by atoms with Gasteiger partial charge in [-0.25, -0.2) is 0 Å². The van der Waals surface area contributed by atoms with Crippen LogP contribution in [0.25, 0.3) is 0 Å². The van der Waals surface area contributed by atoms with Gasteiger partial charge in [0.2, 0.25) is 5.91 Å². The Balaban J connectivity index is 2.25. The number of carbonyl (C=O) groups excluding carboxylic acids is 1. The first-order chi connectivity index (χ1) is 7.66. The van der Waals surface area contributed by atoms with E-state index in [0.717, 1.165) is 5.69 Å². The van der Waals surface area contributed by atoms with E-state index in [0.29, 0.717) is 6.42 Å². The van der Waals surface area contributed by atoms with Crippen molar-refractivity contribution in [2.45, 2.75) is 19.4 Å². The van der Waals surface area contributed by atoms with Crippen molar-refractivity contribution in [2.75, 3.05) is 4.90 Å². The number of β-lactam (4-membered cyclic amide) rings is 1. The Morgan fingerprint density at radius 2 is 2.00 bits per heavy atom. The van der Waals surface area contributed by atoms with Gasteiger partial charge in [-0.05, 0) is 18.6 Å². The van der Waals surface area contributed by atoms with E-state index in [2.05, 4.69) is 0 Å². The largest absolute Gasteiger partial charge is 0.481 e. The Labute approximate surface area is 93.5 Å². The average molecular weight is 219 g/mol. The van der Waals surface area contributed by atoms with Gasteiger partial charge < -0.3 is 10.0 Å². The van der Waals surface area contributed by atoms with Gasteiger partial charge in [0.05, 0.1) is 6.04 Å². The number of aliphatic carboxylic acids is 1. The average Bonchev–Trinajstić information content (AvgIpc) is 2.26. The number of para-hydroxylation sites is 1. The first-order valence-corrected chi connectivity index (χ1v) is 5.27. The van der Waals surface area contributed by atoms with Crippen LogP contribution in [0.15, 0.2) is 30.3 Å². The van der Waals surface area contributed by atoms with Gasteiger partial charge in [-0.2, -0.15) is 0 Å². The number of nitrogens with zero attached hydrogens (tertiary/aromatic N) is 1. The molecule has 2 rings (SSSR count). The van der Waals surface area contributed by atoms with Crippen LogP contribution in [0.2, 0.25) is 0 Å². The van der Waals surface area contributed by atoms with Crippen molar-refractivity contribution in [2.24, 2.45) is 5.92 Å². The normalized spacial score (nSPS) is 24.1. The summed E-state index contributed by atoms with van der Waals surface area (Å²) >= 11 is 0. The minimum Gasteiger partial charge on any atom is -0.481 e. The van der Waals surface area contributed by atoms with Crippen molar-refractivity contribution >= 4 is 17.6 Å². The second-order valence-corrected chi connectivity index (χ2v) is 3.84. The maximum atomic E-state index is 11.7. The monoisotopic (exact) mass is 219 g/mol. The summed E-state index contributed by atoms with van der Waals surface area (Å²) in [5.41, 5.74) is 0.775. The fourth-order valence-electron chi connectivity index (χ4n) is 2.14. The molecule has 1 aromatic rings. The third kappa shape index (κ3) is 1.46. The van der Waals surface area contributed by atoms with Crippen LogP contribution in [0, 0.1) is 5.92 Å². The SMILES string of the molecule is CCC1C(C(=O)O)C(=O)N1c1ccccc1. The van der Waals surface area contributed by atoms with Crippen LogP contribution in [-0.2, 0) is 9.59 Å². The van der Waals surface area contributed by atoms with Crippen LogP contribution in [0.1, 0.15) is 13.3 Å². The molecular formula is C12H13NO3. The lowest BCUT2D eigenvalue weighted by Gasteiger charge is -2.44. The Morgan fingerprint density at radius 3 is 2.50 bits per heavy atom. The summed E-state index contributed by atoms with van der Waals surface area (Å²) in [6.45, 7) is 1.89. The maximum Gasteiger partial charge on any atom is 0.318 e. The fourth-order valence-corrected chi connectivity index (χ4v) is 2.14. The van der Waals surface area contributed by atoms with Gasteiger partial charge in [0, 0.05) is 5.69 Å². The molecule has 1 heterocycles. The molecule has 1 N–H and O–H groups in total. The lowest BCUT2D eigenvalue weighted by Crippen LogP contribution is -2.63. The maximum absolute atomic E-state index is 11.7. The van der Waals surface area contributed by atoms with Crippen LogP contribution in [-0.4, -0.2) is 23.0 Å². The molecule has 1 aliphatic heterocycles. The molecule has 1 saturated heterocycles. The van der Waals surface area contributed by atoms with Crippen molar-refractivity contribution in [1.29, 1.82) is 0 Å². The Hall–Kier alpha value is -1.84. The molecule has 1 fully saturated rings. The zero-order chi connectivity index (χ0) is 11.7. The molecule has 2 atom stereocenters. The van der Waals surface area contributed by atoms with Crippen molar-refractivity contribution in [3.8, 4) is 0 Å². The van der Waals surface area contributed by atoms with E-state index in [1.165, 1.54) is 0 Å². The molecule has 0 aliphatic carbocycles. The lowest BCUT2D eigenvalue weighted by atomic mass is 9.85. The van der Waals surface area contributed by atoms with Gasteiger partial charge in [-0.1, -0.05) is 25.1 Å². The van der Waals surface area contributed by atoms with Crippen molar-refractivity contribution < 1.29 is 14.7 Å². The fraction of sp³-hybridized carbons (Fsp3) is 0.333. The summed E-state index contributed by atoms with van der Waals surface area (Å²) in [6, 6.07) is 8.96. The molecule has 0 aromatic heterocycles. The Morgan fingerprint density at radius 1 is 1.38 bits per heavy atom. The number of amides is 1. The van der Waals surface area contributed by atoms with Crippen molar-refractivity contribution in [1.82, 2.24) is 0 Å². The molecule has 1 amide bonds. The van der Waals surface area contributed by atoms with Crippen LogP contribution >= 0.6 is 0 Å². The summed E-state index contributed by atoms with van der Waals surface area (Å²) in [7, 11) is 0. The van der Waals surface area contributed by atoms with Gasteiger partial charge in [0.15, 0.2) is 5.92 Å². The van der Waals surface area contributed by atoms with Gasteiger partial charge in [0.25, 0.3) is 0 Å². The van der Waals surface area contributed by atoms with Crippen LogP contribution in [0.5, 0.6) is 0 Å². The lowest BCUT2D eigenvalue weighted by molar-refractivity contribution is -0.152. The third-order valence-electron chi connectivity index (χ3n) is 2.94. The highest BCUT2D eigenvalue weighted by molar-refractivity contribution is 6.13. The zero-order valence-corrected chi connectivity index (χ0v) is 8.96. The Kier molecular flexibility index (Phi) is 2.64. The molecule has 1 aromatic carbocycles. The molecule has 1 aliphatic rings. The summed E-state index contributed by atoms with van der Waals surface area (Å²) in [6.07, 6.45) is 0.650. The molecule has 4 heteroatoms. The summed E-state index contributed by atoms with van der Waals surface area (Å²) in [4.78, 5) is 24.2. The van der Waals surface area contributed by atoms with Crippen molar-refractivity contribution in [3.63, 3.8) is 0 Å². The second kappa shape index (κ2) is 3.96. The highest BCUT2D eigenvalue weighted by Gasteiger charge is 2.51. The number of hydrogen-bond donors (Lipinski definition) is 1. The molecule has 0 saturated carbocycles. The third-order valence-corrected chi connectivity index (χ3v) is 2.94. The molecule has 0 spiro atoms. The molecule has 4 nitrogen and oxygen atoms in total. The number of anilines is 1.